The van der Waals surface area contributed by atoms with Crippen molar-refractivity contribution in [2.24, 2.45) is 11.7 Å². The minimum absolute atomic E-state index is 0.0408. The van der Waals surface area contributed by atoms with Crippen molar-refractivity contribution in [1.29, 1.82) is 0 Å². The molecular formula is C7H14F3NS2. The monoisotopic (exact) mass is 233 g/mol. The van der Waals surface area contributed by atoms with Crippen molar-refractivity contribution in [2.45, 2.75) is 12.4 Å². The van der Waals surface area contributed by atoms with E-state index < -0.39 is 5.51 Å². The van der Waals surface area contributed by atoms with Crippen LogP contribution in [0.1, 0.15) is 6.92 Å². The lowest BCUT2D eigenvalue weighted by molar-refractivity contribution is -0.0326. The summed E-state index contributed by atoms with van der Waals surface area (Å²) in [5, 5.41) is 0. The van der Waals surface area contributed by atoms with E-state index in [-0.39, 0.29) is 17.5 Å². The Kier molecular flexibility index (Phi) is 7.07. The lowest BCUT2D eigenvalue weighted by Crippen LogP contribution is -2.13. The minimum atomic E-state index is -4.08. The van der Waals surface area contributed by atoms with E-state index in [1.54, 1.807) is 0 Å². The summed E-state index contributed by atoms with van der Waals surface area (Å²) < 4.78 is 34.9. The van der Waals surface area contributed by atoms with Gasteiger partial charge in [-0.15, -0.1) is 0 Å². The first-order valence-corrected chi connectivity index (χ1v) is 6.08. The molecule has 2 N–H and O–H groups in total. The quantitative estimate of drug-likeness (QED) is 0.714. The third-order valence-corrected chi connectivity index (χ3v) is 3.59. The number of halogens is 3. The third kappa shape index (κ3) is 10.4. The van der Waals surface area contributed by atoms with Gasteiger partial charge in [-0.05, 0) is 18.2 Å². The number of rotatable bonds is 6. The van der Waals surface area contributed by atoms with E-state index in [0.717, 1.165) is 5.75 Å². The van der Waals surface area contributed by atoms with Crippen LogP contribution in [-0.2, 0) is 0 Å². The molecule has 0 fully saturated rings. The maximum atomic E-state index is 11.6. The summed E-state index contributed by atoms with van der Waals surface area (Å²) in [6, 6.07) is 0. The number of nitrogens with two attached hydrogens (primary N) is 1. The molecule has 0 aromatic heterocycles. The molecule has 13 heavy (non-hydrogen) atoms. The molecule has 0 aliphatic rings. The van der Waals surface area contributed by atoms with Gasteiger partial charge in [0, 0.05) is 11.5 Å². The van der Waals surface area contributed by atoms with E-state index in [0.29, 0.717) is 18.2 Å². The largest absolute Gasteiger partial charge is 0.441 e. The van der Waals surface area contributed by atoms with E-state index >= 15 is 0 Å². The van der Waals surface area contributed by atoms with Crippen molar-refractivity contribution in [3.63, 3.8) is 0 Å². The second-order valence-corrected chi connectivity index (χ2v) is 5.02. The van der Waals surface area contributed by atoms with Crippen LogP contribution >= 0.6 is 23.5 Å². The first-order chi connectivity index (χ1) is 5.95. The van der Waals surface area contributed by atoms with E-state index in [9.17, 15) is 13.2 Å². The topological polar surface area (TPSA) is 26.0 Å². The summed E-state index contributed by atoms with van der Waals surface area (Å²) >= 11 is 1.57. The average molecular weight is 233 g/mol. The van der Waals surface area contributed by atoms with E-state index in [2.05, 4.69) is 0 Å². The molecule has 0 saturated carbocycles. The predicted octanol–water partition coefficient (Wildman–Crippen LogP) is 2.57. The molecule has 1 nitrogen and oxygen atoms in total. The summed E-state index contributed by atoms with van der Waals surface area (Å²) in [7, 11) is 0. The van der Waals surface area contributed by atoms with Gasteiger partial charge in [0.1, 0.15) is 0 Å². The molecular weight excluding hydrogens is 219 g/mol. The molecule has 0 amide bonds. The molecule has 0 bridgehead atoms. The van der Waals surface area contributed by atoms with E-state index in [1.807, 2.05) is 6.92 Å². The molecule has 0 spiro atoms. The van der Waals surface area contributed by atoms with Crippen LogP contribution < -0.4 is 5.73 Å². The van der Waals surface area contributed by atoms with Gasteiger partial charge in [-0.2, -0.15) is 24.9 Å². The zero-order valence-corrected chi connectivity index (χ0v) is 9.07. The molecule has 0 aliphatic carbocycles. The summed E-state index contributed by atoms with van der Waals surface area (Å²) in [5.41, 5.74) is 1.27. The van der Waals surface area contributed by atoms with Crippen LogP contribution in [0.2, 0.25) is 0 Å². The average Bonchev–Trinajstić information content (AvgIpc) is 2.01. The fourth-order valence-corrected chi connectivity index (χ4v) is 2.31. The molecule has 0 aromatic rings. The summed E-state index contributed by atoms with van der Waals surface area (Å²) in [6.45, 7) is 2.59. The molecule has 0 rings (SSSR count). The predicted molar refractivity (Wildman–Crippen MR) is 54.1 cm³/mol. The Morgan fingerprint density at radius 1 is 1.31 bits per heavy atom. The number of hydrogen-bond acceptors (Lipinski definition) is 3. The van der Waals surface area contributed by atoms with E-state index in [1.165, 1.54) is 11.8 Å². The van der Waals surface area contributed by atoms with Crippen LogP contribution in [0.5, 0.6) is 0 Å². The highest BCUT2D eigenvalue weighted by atomic mass is 32.2. The standard InChI is InChI=1S/C7H14F3NS2/c1-6(4-11)5-12-2-3-13-7(8,9)10/h6H,2-5,11H2,1H3. The Morgan fingerprint density at radius 3 is 2.38 bits per heavy atom. The Bertz CT molecular complexity index is 129. The van der Waals surface area contributed by atoms with Gasteiger partial charge in [0.25, 0.3) is 0 Å². The second-order valence-electron chi connectivity index (χ2n) is 2.71. The molecule has 80 valence electrons. The molecule has 0 radical (unpaired) electrons. The van der Waals surface area contributed by atoms with Crippen LogP contribution in [0.25, 0.3) is 0 Å². The molecule has 6 heteroatoms. The summed E-state index contributed by atoms with van der Waals surface area (Å²) in [5.74, 6) is 1.90. The first-order valence-electron chi connectivity index (χ1n) is 3.94. The molecule has 0 saturated heterocycles. The van der Waals surface area contributed by atoms with Gasteiger partial charge in [0.15, 0.2) is 0 Å². The van der Waals surface area contributed by atoms with Crippen LogP contribution in [0, 0.1) is 5.92 Å². The van der Waals surface area contributed by atoms with Gasteiger partial charge in [0.05, 0.1) is 0 Å². The summed E-state index contributed by atoms with van der Waals surface area (Å²) in [4.78, 5) is 0. The van der Waals surface area contributed by atoms with Gasteiger partial charge in [0.2, 0.25) is 0 Å². The van der Waals surface area contributed by atoms with Gasteiger partial charge in [-0.1, -0.05) is 18.7 Å². The van der Waals surface area contributed by atoms with Crippen LogP contribution in [0.15, 0.2) is 0 Å². The van der Waals surface area contributed by atoms with Crippen molar-refractivity contribution in [3.8, 4) is 0 Å². The molecule has 1 atom stereocenters. The minimum Gasteiger partial charge on any atom is -0.330 e. The fraction of sp³-hybridized carbons (Fsp3) is 1.00. The fourth-order valence-electron chi connectivity index (χ4n) is 0.569. The van der Waals surface area contributed by atoms with Crippen molar-refractivity contribution < 1.29 is 13.2 Å². The SMILES string of the molecule is CC(CN)CSCCSC(F)(F)F. The number of thioether (sulfide) groups is 2. The maximum absolute atomic E-state index is 11.6. The van der Waals surface area contributed by atoms with Crippen LogP contribution in [0.4, 0.5) is 13.2 Å². The maximum Gasteiger partial charge on any atom is 0.441 e. The highest BCUT2D eigenvalue weighted by Gasteiger charge is 2.27. The van der Waals surface area contributed by atoms with Crippen molar-refractivity contribution in [2.75, 3.05) is 23.8 Å². The van der Waals surface area contributed by atoms with Gasteiger partial charge in [-0.3, -0.25) is 0 Å². The normalized spacial score (nSPS) is 14.5. The smallest absolute Gasteiger partial charge is 0.330 e. The van der Waals surface area contributed by atoms with E-state index in [4.69, 9.17) is 5.73 Å². The number of alkyl halides is 3. The van der Waals surface area contributed by atoms with Crippen molar-refractivity contribution in [1.82, 2.24) is 0 Å². The van der Waals surface area contributed by atoms with Crippen molar-refractivity contribution >= 4 is 23.5 Å². The highest BCUT2D eigenvalue weighted by Crippen LogP contribution is 2.30. The highest BCUT2D eigenvalue weighted by molar-refractivity contribution is 8.03. The zero-order chi connectivity index (χ0) is 10.3. The van der Waals surface area contributed by atoms with Crippen molar-refractivity contribution in [3.05, 3.63) is 0 Å². The zero-order valence-electron chi connectivity index (χ0n) is 7.43. The Hall–Kier alpha value is 0.450. The molecule has 0 aliphatic heterocycles. The lowest BCUT2D eigenvalue weighted by Gasteiger charge is -2.08. The molecule has 0 aromatic carbocycles. The van der Waals surface area contributed by atoms with Gasteiger partial charge >= 0.3 is 5.51 Å². The summed E-state index contributed by atoms with van der Waals surface area (Å²) in [6.07, 6.45) is 0. The van der Waals surface area contributed by atoms with Gasteiger partial charge in [-0.25, -0.2) is 0 Å². The Morgan fingerprint density at radius 2 is 1.92 bits per heavy atom. The molecule has 1 unspecified atom stereocenters. The number of hydrogen-bond donors (Lipinski definition) is 1. The lowest BCUT2D eigenvalue weighted by atomic mass is 10.2. The second kappa shape index (κ2) is 6.84. The first kappa shape index (κ1) is 13.4. The van der Waals surface area contributed by atoms with Gasteiger partial charge < -0.3 is 5.73 Å². The Balaban J connectivity index is 3.18. The van der Waals surface area contributed by atoms with Crippen LogP contribution in [0.3, 0.4) is 0 Å². The molecule has 0 heterocycles. The Labute approximate surface area is 85.0 Å². The van der Waals surface area contributed by atoms with Crippen LogP contribution in [-0.4, -0.2) is 29.3 Å². The third-order valence-electron chi connectivity index (χ3n) is 1.30.